The minimum Gasteiger partial charge on any atom is -0.481 e. The van der Waals surface area contributed by atoms with Crippen molar-refractivity contribution < 1.29 is 19.5 Å². The summed E-state index contributed by atoms with van der Waals surface area (Å²) in [5.41, 5.74) is -0.622. The van der Waals surface area contributed by atoms with E-state index >= 15 is 0 Å². The quantitative estimate of drug-likeness (QED) is 0.378. The summed E-state index contributed by atoms with van der Waals surface area (Å²) >= 11 is 4.67. The lowest BCUT2D eigenvalue weighted by Crippen LogP contribution is -2.60. The fraction of sp³-hybridized carbons (Fsp3) is 0.900. The number of aliphatic carboxylic acids is 1. The van der Waals surface area contributed by atoms with Gasteiger partial charge in [0.15, 0.2) is 0 Å². The van der Waals surface area contributed by atoms with E-state index < -0.39 is 11.4 Å². The minimum absolute atomic E-state index is 0.00309. The minimum atomic E-state index is -0.782. The van der Waals surface area contributed by atoms with E-state index in [1.54, 1.807) is 0 Å². The molecule has 5 heteroatoms. The van der Waals surface area contributed by atoms with Crippen LogP contribution in [0.2, 0.25) is 0 Å². The highest BCUT2D eigenvalue weighted by Gasteiger charge is 2.65. The van der Waals surface area contributed by atoms with E-state index in [1.165, 1.54) is 0 Å². The van der Waals surface area contributed by atoms with Crippen LogP contribution in [0.5, 0.6) is 0 Å². The third kappa shape index (κ3) is 3.87. The van der Waals surface area contributed by atoms with Crippen LogP contribution in [0.3, 0.4) is 0 Å². The van der Waals surface area contributed by atoms with Crippen molar-refractivity contribution in [2.45, 2.75) is 99.3 Å². The average Bonchev–Trinajstić information content (AvgIpc) is 3.17. The molecule has 198 valence electrons. The van der Waals surface area contributed by atoms with Gasteiger partial charge in [-0.15, -0.1) is 0 Å². The monoisotopic (exact) mass is 504 g/mol. The van der Waals surface area contributed by atoms with Crippen molar-refractivity contribution in [3.05, 3.63) is 0 Å². The van der Waals surface area contributed by atoms with E-state index in [0.717, 1.165) is 38.5 Å². The van der Waals surface area contributed by atoms with E-state index in [-0.39, 0.29) is 40.4 Å². The van der Waals surface area contributed by atoms with Crippen molar-refractivity contribution in [3.63, 3.8) is 0 Å². The van der Waals surface area contributed by atoms with Crippen LogP contribution in [0, 0.1) is 63.6 Å². The van der Waals surface area contributed by atoms with E-state index in [0.29, 0.717) is 54.3 Å². The number of hydrogen-bond donors (Lipinski definition) is 2. The van der Waals surface area contributed by atoms with Crippen LogP contribution in [0.15, 0.2) is 0 Å². The van der Waals surface area contributed by atoms with Crippen LogP contribution >= 0.6 is 12.6 Å². The van der Waals surface area contributed by atoms with Crippen molar-refractivity contribution in [2.24, 2.45) is 63.6 Å². The van der Waals surface area contributed by atoms with Gasteiger partial charge in [0.25, 0.3) is 0 Å². The van der Waals surface area contributed by atoms with Crippen molar-refractivity contribution in [1.82, 2.24) is 0 Å². The van der Waals surface area contributed by atoms with Crippen molar-refractivity contribution in [3.8, 4) is 0 Å². The van der Waals surface area contributed by atoms with Gasteiger partial charge in [-0.1, -0.05) is 34.6 Å². The lowest BCUT2D eigenvalue weighted by atomic mass is 9.41. The van der Waals surface area contributed by atoms with Gasteiger partial charge in [0.2, 0.25) is 0 Å². The maximum absolute atomic E-state index is 14.1. The molecule has 4 aliphatic carbocycles. The molecule has 0 bridgehead atoms. The Morgan fingerprint density at radius 1 is 1.09 bits per heavy atom. The van der Waals surface area contributed by atoms with Crippen molar-refractivity contribution in [2.75, 3.05) is 5.75 Å². The lowest BCUT2D eigenvalue weighted by Gasteiger charge is -2.61. The highest BCUT2D eigenvalue weighted by Crippen LogP contribution is 2.69. The van der Waals surface area contributed by atoms with Gasteiger partial charge >= 0.3 is 5.97 Å². The molecule has 4 fully saturated rings. The highest BCUT2D eigenvalue weighted by atomic mass is 32.1. The number of thiol groups is 1. The number of carboxylic acid groups (broad SMARTS) is 1. The zero-order valence-corrected chi connectivity index (χ0v) is 23.7. The maximum Gasteiger partial charge on any atom is 0.309 e. The first-order valence-electron chi connectivity index (χ1n) is 14.3. The molecular weight excluding hydrogens is 456 g/mol. The first kappa shape index (κ1) is 27.2. The normalized spacial score (nSPS) is 44.5. The SMILES string of the molecule is CCC1C(=O)C2C(CCC3(C)C(C(C)C(CS)C(C)(CC)C(=O)O)CCC23)C2(C)CCC(=O)CC12. The number of Topliss-reactive ketones (excluding diaryl/α,β-unsaturated/α-hetero) is 2. The Labute approximate surface area is 218 Å². The van der Waals surface area contributed by atoms with Crippen LogP contribution in [0.25, 0.3) is 0 Å². The summed E-state index contributed by atoms with van der Waals surface area (Å²) in [6, 6.07) is 0. The van der Waals surface area contributed by atoms with Gasteiger partial charge in [-0.05, 0) is 104 Å². The summed E-state index contributed by atoms with van der Waals surface area (Å²) in [5, 5.41) is 10.1. The predicted molar refractivity (Wildman–Crippen MR) is 142 cm³/mol. The lowest BCUT2D eigenvalue weighted by molar-refractivity contribution is -0.170. The third-order valence-electron chi connectivity index (χ3n) is 12.6. The summed E-state index contributed by atoms with van der Waals surface area (Å²) in [5.74, 6) is 2.45. The number of hydrogen-bond acceptors (Lipinski definition) is 4. The largest absolute Gasteiger partial charge is 0.481 e. The Morgan fingerprint density at radius 2 is 1.74 bits per heavy atom. The summed E-state index contributed by atoms with van der Waals surface area (Å²) in [6.45, 7) is 13.1. The third-order valence-corrected chi connectivity index (χ3v) is 12.9. The van der Waals surface area contributed by atoms with Gasteiger partial charge < -0.3 is 5.11 Å². The standard InChI is InChI=1S/C30H48O4S/c1-7-19-23-15-18(31)11-13-30(23,6)22-12-14-29(5)20(9-10-21(29)25(22)26(19)32)17(3)24(16-35)28(4,8-2)27(33)34/h17,19-25,35H,7-16H2,1-6H3,(H,33,34). The maximum atomic E-state index is 14.1. The van der Waals surface area contributed by atoms with Crippen molar-refractivity contribution in [1.29, 1.82) is 0 Å². The topological polar surface area (TPSA) is 71.4 Å². The molecule has 0 heterocycles. The summed E-state index contributed by atoms with van der Waals surface area (Å²) < 4.78 is 0. The fourth-order valence-electron chi connectivity index (χ4n) is 10.1. The predicted octanol–water partition coefficient (Wildman–Crippen LogP) is 6.71. The zero-order valence-electron chi connectivity index (χ0n) is 22.8. The molecule has 0 radical (unpaired) electrons. The summed E-state index contributed by atoms with van der Waals surface area (Å²) in [6.07, 6.45) is 8.00. The molecule has 11 atom stereocenters. The zero-order chi connectivity index (χ0) is 25.9. The molecule has 0 aromatic carbocycles. The number of rotatable bonds is 7. The van der Waals surface area contributed by atoms with E-state index in [1.807, 2.05) is 13.8 Å². The molecule has 0 amide bonds. The van der Waals surface area contributed by atoms with Crippen molar-refractivity contribution >= 4 is 30.2 Å². The molecular formula is C30H48O4S. The summed E-state index contributed by atoms with van der Waals surface area (Å²) in [7, 11) is 0. The van der Waals surface area contributed by atoms with Gasteiger partial charge in [0.1, 0.15) is 11.6 Å². The molecule has 35 heavy (non-hydrogen) atoms. The molecule has 0 saturated heterocycles. The molecule has 11 unspecified atom stereocenters. The summed E-state index contributed by atoms with van der Waals surface area (Å²) in [4.78, 5) is 38.9. The number of fused-ring (bicyclic) bond motifs is 5. The Bertz CT molecular complexity index is 870. The van der Waals surface area contributed by atoms with Crippen LogP contribution in [0.4, 0.5) is 0 Å². The van der Waals surface area contributed by atoms with Gasteiger partial charge in [0.05, 0.1) is 5.41 Å². The molecule has 0 spiro atoms. The first-order chi connectivity index (χ1) is 16.4. The Hall–Kier alpha value is -0.840. The molecule has 4 aliphatic rings. The first-order valence-corrected chi connectivity index (χ1v) is 14.9. The molecule has 0 aliphatic heterocycles. The van der Waals surface area contributed by atoms with Crippen LogP contribution in [-0.4, -0.2) is 28.4 Å². The average molecular weight is 505 g/mol. The second kappa shape index (κ2) is 9.48. The highest BCUT2D eigenvalue weighted by molar-refractivity contribution is 7.80. The van der Waals surface area contributed by atoms with Crippen LogP contribution in [0.1, 0.15) is 99.3 Å². The van der Waals surface area contributed by atoms with E-state index in [4.69, 9.17) is 0 Å². The molecule has 0 aromatic heterocycles. The molecule has 4 rings (SSSR count). The Kier molecular flexibility index (Phi) is 7.36. The smallest absolute Gasteiger partial charge is 0.309 e. The molecule has 1 N–H and O–H groups in total. The molecule has 0 aromatic rings. The van der Waals surface area contributed by atoms with Crippen LogP contribution in [-0.2, 0) is 14.4 Å². The molecule has 4 saturated carbocycles. The number of carbonyl (C=O) groups excluding carboxylic acids is 2. The van der Waals surface area contributed by atoms with E-state index in [2.05, 4.69) is 40.3 Å². The number of carboxylic acids is 1. The van der Waals surface area contributed by atoms with Gasteiger partial charge in [-0.3, -0.25) is 14.4 Å². The van der Waals surface area contributed by atoms with Crippen LogP contribution < -0.4 is 0 Å². The second-order valence-electron chi connectivity index (χ2n) is 13.5. The van der Waals surface area contributed by atoms with E-state index in [9.17, 15) is 19.5 Å². The second-order valence-corrected chi connectivity index (χ2v) is 13.8. The Balaban J connectivity index is 1.67. The van der Waals surface area contributed by atoms with Gasteiger partial charge in [-0.2, -0.15) is 12.6 Å². The fourth-order valence-corrected chi connectivity index (χ4v) is 10.9. The Morgan fingerprint density at radius 3 is 2.31 bits per heavy atom. The number of ketones is 2. The van der Waals surface area contributed by atoms with Gasteiger partial charge in [-0.25, -0.2) is 0 Å². The molecule has 4 nitrogen and oxygen atoms in total. The number of carbonyl (C=O) groups is 3. The van der Waals surface area contributed by atoms with Gasteiger partial charge in [0, 0.05) is 24.7 Å².